The van der Waals surface area contributed by atoms with E-state index in [1.165, 1.54) is 11.8 Å². The van der Waals surface area contributed by atoms with Crippen LogP contribution in [0.5, 0.6) is 0 Å². The molecule has 0 atom stereocenters. The standard InChI is InChI=1S/C15H25N3O2S.HI/c1-11(2)12-7-6-8-13(9-12)18-14(16)17-10-15(3,4)21(5,19)20;/h6-9,11H,10H2,1-5H3,(H3,16,17,18);1H. The van der Waals surface area contributed by atoms with Crippen LogP contribution in [0.25, 0.3) is 0 Å². The van der Waals surface area contributed by atoms with Crippen LogP contribution in [0, 0.1) is 0 Å². The summed E-state index contributed by atoms with van der Waals surface area (Å²) < 4.78 is 22.3. The van der Waals surface area contributed by atoms with Gasteiger partial charge in [-0.3, -0.25) is 4.99 Å². The number of halogens is 1. The lowest BCUT2D eigenvalue weighted by atomic mass is 10.0. The Balaban J connectivity index is 0.00000441. The molecule has 1 rings (SSSR count). The molecule has 0 bridgehead atoms. The fraction of sp³-hybridized carbons (Fsp3) is 0.533. The van der Waals surface area contributed by atoms with Crippen molar-refractivity contribution in [2.24, 2.45) is 10.7 Å². The molecule has 1 aromatic rings. The van der Waals surface area contributed by atoms with E-state index in [0.717, 1.165) is 5.69 Å². The number of hydrogen-bond donors (Lipinski definition) is 2. The molecule has 0 aromatic heterocycles. The number of benzene rings is 1. The maximum Gasteiger partial charge on any atom is 0.193 e. The summed E-state index contributed by atoms with van der Waals surface area (Å²) in [4.78, 5) is 4.14. The topological polar surface area (TPSA) is 84.5 Å². The number of hydrogen-bond acceptors (Lipinski definition) is 3. The van der Waals surface area contributed by atoms with E-state index >= 15 is 0 Å². The van der Waals surface area contributed by atoms with Crippen molar-refractivity contribution in [1.82, 2.24) is 0 Å². The van der Waals surface area contributed by atoms with Gasteiger partial charge in [0.25, 0.3) is 0 Å². The van der Waals surface area contributed by atoms with Gasteiger partial charge in [-0.25, -0.2) is 8.42 Å². The monoisotopic (exact) mass is 439 g/mol. The Labute approximate surface area is 150 Å². The van der Waals surface area contributed by atoms with Gasteiger partial charge in [0, 0.05) is 11.9 Å². The molecular weight excluding hydrogens is 413 g/mol. The molecule has 0 heterocycles. The van der Waals surface area contributed by atoms with Crippen LogP contribution in [0.3, 0.4) is 0 Å². The number of anilines is 1. The first kappa shape index (κ1) is 21.2. The largest absolute Gasteiger partial charge is 0.370 e. The zero-order valence-corrected chi connectivity index (χ0v) is 16.9. The van der Waals surface area contributed by atoms with Crippen LogP contribution < -0.4 is 11.1 Å². The van der Waals surface area contributed by atoms with Crippen LogP contribution in [0.1, 0.15) is 39.2 Å². The van der Waals surface area contributed by atoms with Crippen molar-refractivity contribution in [3.8, 4) is 0 Å². The van der Waals surface area contributed by atoms with Gasteiger partial charge in [-0.2, -0.15) is 0 Å². The maximum atomic E-state index is 11.6. The number of guanidine groups is 1. The van der Waals surface area contributed by atoms with Crippen LogP contribution in [0.4, 0.5) is 5.69 Å². The molecule has 0 saturated heterocycles. The summed E-state index contributed by atoms with van der Waals surface area (Å²) >= 11 is 0. The van der Waals surface area contributed by atoms with E-state index in [1.807, 2.05) is 18.2 Å². The minimum absolute atomic E-state index is 0. The average Bonchev–Trinajstić information content (AvgIpc) is 2.35. The number of sulfone groups is 1. The van der Waals surface area contributed by atoms with Gasteiger partial charge in [-0.1, -0.05) is 26.0 Å². The van der Waals surface area contributed by atoms with E-state index in [9.17, 15) is 8.42 Å². The van der Waals surface area contributed by atoms with Crippen molar-refractivity contribution in [3.05, 3.63) is 29.8 Å². The Hall–Kier alpha value is -0.830. The zero-order chi connectivity index (χ0) is 16.3. The van der Waals surface area contributed by atoms with Crippen LogP contribution >= 0.6 is 24.0 Å². The second kappa shape index (κ2) is 8.14. The molecule has 0 amide bonds. The average molecular weight is 439 g/mol. The van der Waals surface area contributed by atoms with Crippen LogP contribution in [-0.2, 0) is 9.84 Å². The van der Waals surface area contributed by atoms with E-state index in [2.05, 4.69) is 30.2 Å². The summed E-state index contributed by atoms with van der Waals surface area (Å²) in [5.41, 5.74) is 7.87. The highest BCUT2D eigenvalue weighted by Gasteiger charge is 2.29. The third-order valence-corrected chi connectivity index (χ3v) is 5.60. The number of nitrogens with zero attached hydrogens (tertiary/aromatic N) is 1. The number of rotatable bonds is 5. The lowest BCUT2D eigenvalue weighted by Gasteiger charge is -2.20. The fourth-order valence-electron chi connectivity index (χ4n) is 1.56. The molecule has 22 heavy (non-hydrogen) atoms. The van der Waals surface area contributed by atoms with Gasteiger partial charge < -0.3 is 11.1 Å². The van der Waals surface area contributed by atoms with Crippen LogP contribution in [0.2, 0.25) is 0 Å². The smallest absolute Gasteiger partial charge is 0.193 e. The van der Waals surface area contributed by atoms with E-state index in [0.29, 0.717) is 5.92 Å². The summed E-state index contributed by atoms with van der Waals surface area (Å²) in [6.07, 6.45) is 1.21. The van der Waals surface area contributed by atoms with E-state index in [-0.39, 0.29) is 36.5 Å². The second-order valence-corrected chi connectivity index (χ2v) is 8.79. The third-order valence-electron chi connectivity index (χ3n) is 3.46. The highest BCUT2D eigenvalue weighted by Crippen LogP contribution is 2.19. The highest BCUT2D eigenvalue weighted by molar-refractivity contribution is 14.0. The Morgan fingerprint density at radius 1 is 1.36 bits per heavy atom. The predicted octanol–water partition coefficient (Wildman–Crippen LogP) is 2.98. The molecule has 0 unspecified atom stereocenters. The molecule has 1 aromatic carbocycles. The summed E-state index contributed by atoms with van der Waals surface area (Å²) in [6, 6.07) is 7.91. The first-order valence-corrected chi connectivity index (χ1v) is 8.78. The lowest BCUT2D eigenvalue weighted by molar-refractivity contribution is 0.555. The van der Waals surface area contributed by atoms with Crippen molar-refractivity contribution in [2.75, 3.05) is 18.1 Å². The molecule has 0 aliphatic heterocycles. The molecule has 0 spiro atoms. The van der Waals surface area contributed by atoms with E-state index < -0.39 is 14.6 Å². The number of aliphatic imine (C=N–C) groups is 1. The Morgan fingerprint density at radius 2 is 1.95 bits per heavy atom. The van der Waals surface area contributed by atoms with E-state index in [1.54, 1.807) is 13.8 Å². The predicted molar refractivity (Wildman–Crippen MR) is 105 cm³/mol. The molecule has 0 aliphatic carbocycles. The Bertz CT molecular complexity index is 625. The molecule has 126 valence electrons. The number of nitrogens with two attached hydrogens (primary N) is 1. The SMILES string of the molecule is CC(C)c1cccc(NC(N)=NCC(C)(C)S(C)(=O)=O)c1.I. The Kier molecular flexibility index (Phi) is 7.84. The van der Waals surface area contributed by atoms with Crippen LogP contribution in [-0.4, -0.2) is 31.9 Å². The summed E-state index contributed by atoms with van der Waals surface area (Å²) in [7, 11) is -3.18. The minimum atomic E-state index is -3.18. The van der Waals surface area contributed by atoms with Gasteiger partial charge in [-0.15, -0.1) is 24.0 Å². The minimum Gasteiger partial charge on any atom is -0.370 e. The highest BCUT2D eigenvalue weighted by atomic mass is 127. The van der Waals surface area contributed by atoms with Gasteiger partial charge >= 0.3 is 0 Å². The molecule has 0 fully saturated rings. The van der Waals surface area contributed by atoms with Gasteiger partial charge in [0.05, 0.1) is 11.3 Å². The molecule has 0 saturated carbocycles. The van der Waals surface area contributed by atoms with Crippen molar-refractivity contribution in [3.63, 3.8) is 0 Å². The third kappa shape index (κ3) is 6.12. The van der Waals surface area contributed by atoms with Crippen molar-refractivity contribution < 1.29 is 8.42 Å². The van der Waals surface area contributed by atoms with Gasteiger partial charge in [0.1, 0.15) is 0 Å². The van der Waals surface area contributed by atoms with Crippen molar-refractivity contribution >= 4 is 45.5 Å². The molecule has 5 nitrogen and oxygen atoms in total. The fourth-order valence-corrected chi connectivity index (χ4v) is 1.85. The maximum absolute atomic E-state index is 11.6. The quantitative estimate of drug-likeness (QED) is 0.420. The molecule has 0 radical (unpaired) electrons. The molecular formula is C15H26IN3O2S. The normalized spacial score (nSPS) is 12.9. The lowest BCUT2D eigenvalue weighted by Crippen LogP contribution is -2.36. The van der Waals surface area contributed by atoms with E-state index in [4.69, 9.17) is 5.73 Å². The molecule has 7 heteroatoms. The Morgan fingerprint density at radius 3 is 2.45 bits per heavy atom. The van der Waals surface area contributed by atoms with Gasteiger partial charge in [0.2, 0.25) is 0 Å². The van der Waals surface area contributed by atoms with Gasteiger partial charge in [0.15, 0.2) is 15.8 Å². The van der Waals surface area contributed by atoms with Gasteiger partial charge in [-0.05, 0) is 37.5 Å². The number of nitrogens with one attached hydrogen (secondary N) is 1. The summed E-state index contributed by atoms with van der Waals surface area (Å²) in [5, 5.41) is 2.99. The van der Waals surface area contributed by atoms with Crippen molar-refractivity contribution in [2.45, 2.75) is 38.4 Å². The van der Waals surface area contributed by atoms with Crippen molar-refractivity contribution in [1.29, 1.82) is 0 Å². The first-order valence-electron chi connectivity index (χ1n) is 6.89. The second-order valence-electron chi connectivity index (χ2n) is 6.14. The zero-order valence-electron chi connectivity index (χ0n) is 13.8. The van der Waals surface area contributed by atoms with Crippen LogP contribution in [0.15, 0.2) is 29.3 Å². The molecule has 3 N–H and O–H groups in total. The summed E-state index contributed by atoms with van der Waals surface area (Å²) in [5.74, 6) is 0.640. The first-order chi connectivity index (χ1) is 9.53. The molecule has 0 aliphatic rings. The summed E-state index contributed by atoms with van der Waals surface area (Å²) in [6.45, 7) is 7.63.